The Bertz CT molecular complexity index is 1870. The zero-order chi connectivity index (χ0) is 48.2. The number of nitrogens with zero attached hydrogens (tertiary/aromatic N) is 2. The first-order valence-corrected chi connectivity index (χ1v) is 22.5. The van der Waals surface area contributed by atoms with Gasteiger partial charge in [-0.15, -0.1) is 5.11 Å². The molecule has 17 atom stereocenters. The van der Waals surface area contributed by atoms with E-state index >= 15 is 0 Å². The van der Waals surface area contributed by atoms with E-state index in [0.717, 1.165) is 20.8 Å². The third-order valence-electron chi connectivity index (χ3n) is 9.45. The summed E-state index contributed by atoms with van der Waals surface area (Å²) in [6, 6.07) is 3.45. The Balaban J connectivity index is 1.43. The third kappa shape index (κ3) is 16.1. The number of carbonyl (C=O) groups excluding carboxylic acids is 4. The van der Waals surface area contributed by atoms with E-state index in [2.05, 4.69) is 26.2 Å². The number of aliphatic hydroxyl groups is 7. The number of rotatable bonds is 20. The summed E-state index contributed by atoms with van der Waals surface area (Å²) in [5.74, 6) is -2.43. The summed E-state index contributed by atoms with van der Waals surface area (Å²) in [6.45, 7) is -0.820. The molecule has 0 radical (unpaired) electrons. The van der Waals surface area contributed by atoms with Crippen LogP contribution in [0.4, 0.5) is 4.79 Å². The zero-order valence-electron chi connectivity index (χ0n) is 34.7. The summed E-state index contributed by atoms with van der Waals surface area (Å²) in [7, 11) is -11.0. The van der Waals surface area contributed by atoms with Crippen molar-refractivity contribution >= 4 is 39.5 Å². The Labute approximate surface area is 369 Å². The van der Waals surface area contributed by atoms with Crippen LogP contribution in [0.15, 0.2) is 40.6 Å². The van der Waals surface area contributed by atoms with Crippen molar-refractivity contribution in [2.75, 3.05) is 33.0 Å². The van der Waals surface area contributed by atoms with Crippen molar-refractivity contribution in [3.63, 3.8) is 0 Å². The predicted octanol–water partition coefficient (Wildman–Crippen LogP) is -4.09. The third-order valence-corrected chi connectivity index (χ3v) is 11.4. The Kier molecular flexibility index (Phi) is 20.4. The van der Waals surface area contributed by atoms with Gasteiger partial charge in [0, 0.05) is 27.3 Å². The van der Waals surface area contributed by atoms with E-state index in [9.17, 15) is 68.7 Å². The highest BCUT2D eigenvalue weighted by atomic mass is 31.2. The van der Waals surface area contributed by atoms with Crippen LogP contribution in [0.5, 0.6) is 0 Å². The Hall–Kier alpha value is -3.52. The minimum Gasteiger partial charge on any atom is -0.445 e. The van der Waals surface area contributed by atoms with Crippen LogP contribution < -0.4 is 16.0 Å². The second kappa shape index (κ2) is 24.5. The van der Waals surface area contributed by atoms with Gasteiger partial charge in [-0.25, -0.2) is 13.9 Å². The first kappa shape index (κ1) is 54.1. The van der Waals surface area contributed by atoms with E-state index < -0.39 is 158 Å². The number of phosphoric ester groups is 2. The lowest BCUT2D eigenvalue weighted by Crippen LogP contribution is -2.65. The van der Waals surface area contributed by atoms with Crippen molar-refractivity contribution < 1.29 is 116 Å². The van der Waals surface area contributed by atoms with Crippen LogP contribution in [-0.2, 0) is 71.9 Å². The largest absolute Gasteiger partial charge is 0.474 e. The maximum Gasteiger partial charge on any atom is 0.474 e. The smallest absolute Gasteiger partial charge is 0.445 e. The molecule has 0 aliphatic carbocycles. The van der Waals surface area contributed by atoms with E-state index in [4.69, 9.17) is 46.9 Å². The van der Waals surface area contributed by atoms with Gasteiger partial charge in [0.25, 0.3) is 5.91 Å². The monoisotopic (exact) mass is 977 g/mol. The van der Waals surface area contributed by atoms with Crippen molar-refractivity contribution in [3.05, 3.63) is 35.9 Å². The summed E-state index contributed by atoms with van der Waals surface area (Å²) >= 11 is 0. The molecule has 0 bridgehead atoms. The number of carbonyl (C=O) groups is 4. The van der Waals surface area contributed by atoms with Gasteiger partial charge in [0.2, 0.25) is 11.8 Å². The number of ether oxygens (including phenoxy) is 5. The van der Waals surface area contributed by atoms with Crippen molar-refractivity contribution in [2.45, 2.75) is 119 Å². The first-order chi connectivity index (χ1) is 30.5. The number of aliphatic hydroxyl groups excluding tert-OH is 7. The van der Waals surface area contributed by atoms with Crippen LogP contribution in [0, 0.1) is 0 Å². The van der Waals surface area contributed by atoms with Gasteiger partial charge < -0.3 is 85.2 Å². The second-order valence-corrected chi connectivity index (χ2v) is 17.3. The molecule has 31 heteroatoms. The minimum absolute atomic E-state index is 0.141. The maximum atomic E-state index is 13.3. The molecule has 3 saturated heterocycles. The molecular formula is C34H53N5O24P2. The standard InChI is InChI=1S/C34H53N5O24P2/c1-15(41)36-22-28(47)26(45)20(60-31(22)55-10-9-40)13-57-64(51,52)62-32-23(37-16(2)42)29(48)27(46)21(61-32)14-58-65(53,54)63-33-24(39-38-17(3)43)30(49)25(44)19(59-33)11-35-34(50)56-12-18-7-5-4-6-8-18/h4-8,19-33,40,44-49H,9-14H2,1-3H3,(H,35,50)(H,36,41)(H,37,42)(H,51,52)(H,53,54)/t19?,20?,21?,22?,23?,24?,25-,26-,27-,28?,29?,30?,31+,32-,33-/m1/s1. The fourth-order valence-electron chi connectivity index (χ4n) is 6.38. The van der Waals surface area contributed by atoms with Crippen LogP contribution in [0.3, 0.4) is 0 Å². The number of azo groups is 1. The number of phosphoric acid groups is 2. The van der Waals surface area contributed by atoms with Gasteiger partial charge in [0.15, 0.2) is 24.9 Å². The molecule has 1 aromatic rings. The summed E-state index contributed by atoms with van der Waals surface area (Å²) in [5, 5.41) is 87.4. The van der Waals surface area contributed by atoms with Crippen molar-refractivity contribution in [3.8, 4) is 0 Å². The van der Waals surface area contributed by atoms with Crippen LogP contribution in [0.2, 0.25) is 0 Å². The number of benzene rings is 1. The molecule has 65 heavy (non-hydrogen) atoms. The fourth-order valence-corrected chi connectivity index (χ4v) is 8.05. The van der Waals surface area contributed by atoms with E-state index in [1.54, 1.807) is 30.3 Å². The molecule has 1 aromatic carbocycles. The maximum absolute atomic E-state index is 13.3. The number of nitrogens with one attached hydrogen (secondary N) is 3. The lowest BCUT2D eigenvalue weighted by molar-refractivity contribution is -0.272. The molecular weight excluding hydrogens is 924 g/mol. The topological polar surface area (TPSA) is 428 Å². The molecule has 11 unspecified atom stereocenters. The van der Waals surface area contributed by atoms with E-state index in [0.29, 0.717) is 5.56 Å². The van der Waals surface area contributed by atoms with Gasteiger partial charge in [-0.05, 0) is 5.56 Å². The van der Waals surface area contributed by atoms with Gasteiger partial charge in [-0.1, -0.05) is 30.3 Å². The second-order valence-electron chi connectivity index (χ2n) is 14.5. The van der Waals surface area contributed by atoms with Gasteiger partial charge in [-0.3, -0.25) is 32.5 Å². The number of amides is 4. The van der Waals surface area contributed by atoms with E-state index in [-0.39, 0.29) is 13.2 Å². The van der Waals surface area contributed by atoms with Crippen molar-refractivity contribution in [1.29, 1.82) is 0 Å². The number of alkyl carbamates (subject to hydrolysis) is 1. The number of hydrogen-bond acceptors (Lipinski definition) is 23. The summed E-state index contributed by atoms with van der Waals surface area (Å²) in [6.07, 6.45) is -23.9. The molecule has 0 aromatic heterocycles. The molecule has 3 aliphatic heterocycles. The van der Waals surface area contributed by atoms with E-state index in [1.807, 2.05) is 0 Å². The van der Waals surface area contributed by atoms with Crippen LogP contribution in [0.1, 0.15) is 26.3 Å². The average molecular weight is 978 g/mol. The lowest BCUT2D eigenvalue weighted by Gasteiger charge is -2.43. The predicted molar refractivity (Wildman–Crippen MR) is 208 cm³/mol. The highest BCUT2D eigenvalue weighted by Crippen LogP contribution is 2.49. The molecule has 29 nitrogen and oxygen atoms in total. The van der Waals surface area contributed by atoms with Crippen molar-refractivity contribution in [2.24, 2.45) is 10.2 Å². The van der Waals surface area contributed by atoms with E-state index in [1.165, 1.54) is 0 Å². The lowest BCUT2D eigenvalue weighted by atomic mass is 9.97. The molecule has 3 fully saturated rings. The average Bonchev–Trinajstić information content (AvgIpc) is 3.23. The molecule has 4 amide bonds. The molecule has 0 spiro atoms. The zero-order valence-corrected chi connectivity index (χ0v) is 36.5. The highest BCUT2D eigenvalue weighted by Gasteiger charge is 2.52. The number of hydrogen-bond donors (Lipinski definition) is 12. The normalized spacial score (nSPS) is 34.7. The minimum atomic E-state index is -5.51. The van der Waals surface area contributed by atoms with Crippen LogP contribution in [-0.4, -0.2) is 194 Å². The SMILES string of the molecule is CC(=O)N=NC1C(O)[C@H](O)C(CNC(=O)OCc2ccccc2)O[C@@H]1OP(=O)(O)OCC1O[C@H](OP(=O)(O)OCC2O[C@H](OCCO)C(NC(C)=O)C(O)[C@@H]2O)C(NC(C)=O)C(O)[C@@H]1O. The summed E-state index contributed by atoms with van der Waals surface area (Å²) in [5.41, 5.74) is 0.641. The Morgan fingerprint density at radius 2 is 1.18 bits per heavy atom. The first-order valence-electron chi connectivity index (χ1n) is 19.5. The molecule has 12 N–H and O–H groups in total. The van der Waals surface area contributed by atoms with Gasteiger partial charge in [0.1, 0.15) is 73.6 Å². The van der Waals surface area contributed by atoms with Crippen molar-refractivity contribution in [1.82, 2.24) is 16.0 Å². The molecule has 3 aliphatic rings. The Morgan fingerprint density at radius 3 is 1.71 bits per heavy atom. The van der Waals surface area contributed by atoms with Crippen LogP contribution in [0.25, 0.3) is 0 Å². The highest BCUT2D eigenvalue weighted by molar-refractivity contribution is 7.47. The molecule has 368 valence electrons. The van der Waals surface area contributed by atoms with Crippen LogP contribution >= 0.6 is 15.6 Å². The van der Waals surface area contributed by atoms with Gasteiger partial charge in [-0.2, -0.15) is 5.11 Å². The molecule has 3 heterocycles. The molecule has 4 rings (SSSR count). The summed E-state index contributed by atoms with van der Waals surface area (Å²) in [4.78, 5) is 69.0. The molecule has 0 saturated carbocycles. The Morgan fingerprint density at radius 1 is 0.692 bits per heavy atom. The van der Waals surface area contributed by atoms with Gasteiger partial charge >= 0.3 is 21.7 Å². The van der Waals surface area contributed by atoms with Gasteiger partial charge in [0.05, 0.1) is 26.4 Å². The summed E-state index contributed by atoms with van der Waals surface area (Å²) < 4.78 is 73.5. The fraction of sp³-hybridized carbons (Fsp3) is 0.706. The quantitative estimate of drug-likeness (QED) is 0.0436.